The first-order chi connectivity index (χ1) is 15.4. The number of nitrogens with one attached hydrogen (secondary N) is 2. The summed E-state index contributed by atoms with van der Waals surface area (Å²) < 4.78 is 0. The van der Waals surface area contributed by atoms with Crippen molar-refractivity contribution in [1.29, 1.82) is 0 Å². The molecule has 2 N–H and O–H groups in total. The second-order valence-corrected chi connectivity index (χ2v) is 8.13. The van der Waals surface area contributed by atoms with Crippen molar-refractivity contribution in [2.24, 2.45) is 0 Å². The highest BCUT2D eigenvalue weighted by atomic mass is 35.5. The van der Waals surface area contributed by atoms with Gasteiger partial charge in [-0.05, 0) is 44.2 Å². The number of hydrogen-bond donors (Lipinski definition) is 2. The van der Waals surface area contributed by atoms with Gasteiger partial charge >= 0.3 is 0 Å². The van der Waals surface area contributed by atoms with Crippen LogP contribution in [0.3, 0.4) is 0 Å². The summed E-state index contributed by atoms with van der Waals surface area (Å²) >= 11 is 7.53. The van der Waals surface area contributed by atoms with Gasteiger partial charge in [-0.1, -0.05) is 29.8 Å². The quantitative estimate of drug-likeness (QED) is 0.498. The zero-order chi connectivity index (χ0) is 23.1. The van der Waals surface area contributed by atoms with Crippen LogP contribution in [0.15, 0.2) is 53.9 Å². The summed E-state index contributed by atoms with van der Waals surface area (Å²) in [7, 11) is 0. The minimum atomic E-state index is -0.282. The highest BCUT2D eigenvalue weighted by Gasteiger charge is 2.17. The average Bonchev–Trinajstić information content (AvgIpc) is 3.21. The van der Waals surface area contributed by atoms with E-state index in [1.54, 1.807) is 52.7 Å². The van der Waals surface area contributed by atoms with Crippen LogP contribution in [-0.4, -0.2) is 40.7 Å². The Morgan fingerprint density at radius 3 is 2.41 bits per heavy atom. The van der Waals surface area contributed by atoms with Crippen LogP contribution in [0.1, 0.15) is 40.3 Å². The molecule has 0 unspecified atom stereocenters. The summed E-state index contributed by atoms with van der Waals surface area (Å²) in [6.45, 7) is 4.99. The molecule has 2 aromatic carbocycles. The van der Waals surface area contributed by atoms with Gasteiger partial charge in [0, 0.05) is 29.7 Å². The molecule has 0 bridgehead atoms. The summed E-state index contributed by atoms with van der Waals surface area (Å²) in [6, 6.07) is 13.6. The molecule has 9 heteroatoms. The molecule has 0 aliphatic heterocycles. The number of carbonyl (C=O) groups is 3. The van der Waals surface area contributed by atoms with E-state index >= 15 is 0 Å². The highest BCUT2D eigenvalue weighted by Crippen LogP contribution is 2.23. The van der Waals surface area contributed by atoms with Gasteiger partial charge in [-0.3, -0.25) is 19.7 Å². The normalized spacial score (nSPS) is 10.5. The fourth-order valence-electron chi connectivity index (χ4n) is 3.02. The Labute approximate surface area is 195 Å². The highest BCUT2D eigenvalue weighted by molar-refractivity contribution is 7.14. The van der Waals surface area contributed by atoms with Crippen LogP contribution in [0.4, 0.5) is 10.8 Å². The molecule has 0 atom stereocenters. The van der Waals surface area contributed by atoms with Crippen molar-refractivity contribution in [1.82, 2.24) is 9.88 Å². The monoisotopic (exact) mass is 470 g/mol. The van der Waals surface area contributed by atoms with E-state index in [1.807, 2.05) is 19.9 Å². The molecule has 32 heavy (non-hydrogen) atoms. The molecule has 0 aliphatic carbocycles. The van der Waals surface area contributed by atoms with Gasteiger partial charge in [0.05, 0.1) is 22.7 Å². The summed E-state index contributed by atoms with van der Waals surface area (Å²) in [5, 5.41) is 7.91. The summed E-state index contributed by atoms with van der Waals surface area (Å²) in [4.78, 5) is 43.1. The smallest absolute Gasteiger partial charge is 0.257 e. The van der Waals surface area contributed by atoms with Crippen molar-refractivity contribution in [3.63, 3.8) is 0 Å². The number of rotatable bonds is 8. The van der Waals surface area contributed by atoms with Crippen LogP contribution >= 0.6 is 22.9 Å². The van der Waals surface area contributed by atoms with Gasteiger partial charge in [0.1, 0.15) is 0 Å². The number of aromatic nitrogens is 1. The van der Waals surface area contributed by atoms with Gasteiger partial charge in [-0.2, -0.15) is 0 Å². The van der Waals surface area contributed by atoms with Crippen molar-refractivity contribution in [3.8, 4) is 0 Å². The molecule has 0 fully saturated rings. The summed E-state index contributed by atoms with van der Waals surface area (Å²) in [5.74, 6) is -0.689. The van der Waals surface area contributed by atoms with E-state index in [0.717, 1.165) is 0 Å². The molecule has 3 aromatic rings. The van der Waals surface area contributed by atoms with Crippen LogP contribution in [0.25, 0.3) is 0 Å². The van der Waals surface area contributed by atoms with Crippen LogP contribution < -0.4 is 10.6 Å². The van der Waals surface area contributed by atoms with E-state index in [-0.39, 0.29) is 29.2 Å². The Morgan fingerprint density at radius 2 is 1.75 bits per heavy atom. The third-order valence-electron chi connectivity index (χ3n) is 4.68. The number of benzene rings is 2. The Morgan fingerprint density at radius 1 is 1.03 bits per heavy atom. The Hall–Kier alpha value is -3.23. The van der Waals surface area contributed by atoms with Crippen LogP contribution in [0.5, 0.6) is 0 Å². The molecule has 3 rings (SSSR count). The standard InChI is InChI=1S/C23H23ClN4O3S/c1-3-28(4-2)22(31)18-11-10-16(12-19(18)24)25-20(29)13-17-14-32-23(26-17)27-21(30)15-8-6-5-7-9-15/h5-12,14H,3-4,13H2,1-2H3,(H,25,29)(H,26,27,30). The zero-order valence-electron chi connectivity index (χ0n) is 17.7. The number of anilines is 2. The maximum atomic E-state index is 12.5. The SMILES string of the molecule is CCN(CC)C(=O)c1ccc(NC(=O)Cc2csc(NC(=O)c3ccccc3)n2)cc1Cl. The fourth-order valence-corrected chi connectivity index (χ4v) is 3.99. The van der Waals surface area contributed by atoms with Crippen LogP contribution in [0, 0.1) is 0 Å². The molecule has 7 nitrogen and oxygen atoms in total. The largest absolute Gasteiger partial charge is 0.339 e. The second kappa shape index (κ2) is 10.9. The number of hydrogen-bond acceptors (Lipinski definition) is 5. The predicted molar refractivity (Wildman–Crippen MR) is 128 cm³/mol. The molecule has 0 spiro atoms. The molecule has 3 amide bonds. The Bertz CT molecular complexity index is 1110. The fraction of sp³-hybridized carbons (Fsp3) is 0.217. The van der Waals surface area contributed by atoms with E-state index in [4.69, 9.17) is 11.6 Å². The molecule has 1 heterocycles. The lowest BCUT2D eigenvalue weighted by Crippen LogP contribution is -2.30. The van der Waals surface area contributed by atoms with Gasteiger partial charge in [0.15, 0.2) is 5.13 Å². The molecule has 0 saturated carbocycles. The molecular formula is C23H23ClN4O3S. The first kappa shape index (κ1) is 23.4. The average molecular weight is 471 g/mol. The van der Waals surface area contributed by atoms with Gasteiger partial charge in [0.2, 0.25) is 5.91 Å². The molecule has 166 valence electrons. The van der Waals surface area contributed by atoms with Crippen LogP contribution in [-0.2, 0) is 11.2 Å². The number of carbonyl (C=O) groups excluding carboxylic acids is 3. The topological polar surface area (TPSA) is 91.4 Å². The van der Waals surface area contributed by atoms with E-state index in [0.29, 0.717) is 40.7 Å². The maximum absolute atomic E-state index is 12.5. The second-order valence-electron chi connectivity index (χ2n) is 6.86. The van der Waals surface area contributed by atoms with Gasteiger partial charge in [0.25, 0.3) is 11.8 Å². The van der Waals surface area contributed by atoms with Gasteiger partial charge in [-0.15, -0.1) is 11.3 Å². The van der Waals surface area contributed by atoms with Crippen molar-refractivity contribution in [3.05, 3.63) is 75.8 Å². The molecular weight excluding hydrogens is 448 g/mol. The molecule has 0 radical (unpaired) electrons. The number of thiazole rings is 1. The number of halogens is 1. The lowest BCUT2D eigenvalue weighted by Gasteiger charge is -2.19. The van der Waals surface area contributed by atoms with Gasteiger partial charge < -0.3 is 10.2 Å². The summed E-state index contributed by atoms with van der Waals surface area (Å²) in [6.07, 6.45) is 0.0372. The van der Waals surface area contributed by atoms with E-state index in [2.05, 4.69) is 15.6 Å². The van der Waals surface area contributed by atoms with Crippen molar-refractivity contribution in [2.75, 3.05) is 23.7 Å². The molecule has 1 aromatic heterocycles. The Kier molecular flexibility index (Phi) is 7.97. The lowest BCUT2D eigenvalue weighted by molar-refractivity contribution is -0.115. The first-order valence-corrected chi connectivity index (χ1v) is 11.4. The van der Waals surface area contributed by atoms with E-state index in [9.17, 15) is 14.4 Å². The summed E-state index contributed by atoms with van der Waals surface area (Å²) in [5.41, 5.74) is 1.95. The molecule has 0 aliphatic rings. The predicted octanol–water partition coefficient (Wildman–Crippen LogP) is 4.71. The minimum Gasteiger partial charge on any atom is -0.339 e. The van der Waals surface area contributed by atoms with E-state index < -0.39 is 0 Å². The minimum absolute atomic E-state index is 0.0372. The van der Waals surface area contributed by atoms with Crippen molar-refractivity contribution < 1.29 is 14.4 Å². The van der Waals surface area contributed by atoms with Gasteiger partial charge in [-0.25, -0.2) is 4.98 Å². The number of amides is 3. The third kappa shape index (κ3) is 5.93. The Balaban J connectivity index is 1.59. The maximum Gasteiger partial charge on any atom is 0.257 e. The van der Waals surface area contributed by atoms with Crippen molar-refractivity contribution in [2.45, 2.75) is 20.3 Å². The first-order valence-electron chi connectivity index (χ1n) is 10.1. The third-order valence-corrected chi connectivity index (χ3v) is 5.80. The van der Waals surface area contributed by atoms with E-state index in [1.165, 1.54) is 11.3 Å². The van der Waals surface area contributed by atoms with Crippen LogP contribution in [0.2, 0.25) is 5.02 Å². The van der Waals surface area contributed by atoms with Crippen molar-refractivity contribution >= 4 is 51.5 Å². The zero-order valence-corrected chi connectivity index (χ0v) is 19.3. The lowest BCUT2D eigenvalue weighted by atomic mass is 10.1. The number of nitrogens with zero attached hydrogens (tertiary/aromatic N) is 2. The molecule has 0 saturated heterocycles.